The highest BCUT2D eigenvalue weighted by Gasteiger charge is 2.32. The van der Waals surface area contributed by atoms with Crippen LogP contribution in [0.3, 0.4) is 0 Å². The number of nitrogens with zero attached hydrogens (tertiary/aromatic N) is 2. The van der Waals surface area contributed by atoms with Crippen molar-refractivity contribution in [3.63, 3.8) is 0 Å². The first-order valence-corrected chi connectivity index (χ1v) is 8.79. The zero-order valence-electron chi connectivity index (χ0n) is 15.7. The van der Waals surface area contributed by atoms with Gasteiger partial charge in [-0.15, -0.1) is 0 Å². The number of carboxylic acid groups (broad SMARTS) is 1. The standard InChI is InChI=1S/C19H16F4N4O4/c20-7-12(9-26-18(28)29)10-30-13-1-2-14-15(6-13)31-17(27-14)25-8-11-3-4-24-16(5-11)19(21,22)23/h1-7,26H,8-10H2,(H,25,27)(H,28,29). The summed E-state index contributed by atoms with van der Waals surface area (Å²) in [6.07, 6.45) is -4.50. The van der Waals surface area contributed by atoms with Gasteiger partial charge in [-0.25, -0.2) is 9.18 Å². The summed E-state index contributed by atoms with van der Waals surface area (Å²) in [5.41, 5.74) is 0.230. The van der Waals surface area contributed by atoms with Gasteiger partial charge in [-0.1, -0.05) is 0 Å². The fourth-order valence-corrected chi connectivity index (χ4v) is 2.47. The molecule has 0 aliphatic rings. The first-order valence-electron chi connectivity index (χ1n) is 8.79. The van der Waals surface area contributed by atoms with Crippen LogP contribution >= 0.6 is 0 Å². The second-order valence-corrected chi connectivity index (χ2v) is 6.26. The number of rotatable bonds is 8. The summed E-state index contributed by atoms with van der Waals surface area (Å²) >= 11 is 0. The Hall–Kier alpha value is -3.83. The number of anilines is 1. The maximum Gasteiger partial charge on any atom is 0.433 e. The van der Waals surface area contributed by atoms with Crippen LogP contribution in [-0.2, 0) is 12.7 Å². The molecular weight excluding hydrogens is 424 g/mol. The molecule has 3 aromatic rings. The molecule has 0 bridgehead atoms. The van der Waals surface area contributed by atoms with Gasteiger partial charge in [0.2, 0.25) is 0 Å². The molecule has 1 aromatic carbocycles. The van der Waals surface area contributed by atoms with Crippen molar-refractivity contribution in [3.8, 4) is 5.75 Å². The van der Waals surface area contributed by atoms with E-state index >= 15 is 0 Å². The number of ether oxygens (including phenoxy) is 1. The van der Waals surface area contributed by atoms with Gasteiger partial charge in [0.25, 0.3) is 6.01 Å². The van der Waals surface area contributed by atoms with E-state index in [4.69, 9.17) is 14.3 Å². The number of hydrogen-bond acceptors (Lipinski definition) is 6. The zero-order valence-corrected chi connectivity index (χ0v) is 15.7. The number of oxazole rings is 1. The quantitative estimate of drug-likeness (QED) is 0.447. The van der Waals surface area contributed by atoms with Crippen molar-refractivity contribution < 1.29 is 36.6 Å². The molecular formula is C19H16F4N4O4. The first-order chi connectivity index (χ1) is 14.7. The lowest BCUT2D eigenvalue weighted by Crippen LogP contribution is -2.25. The first kappa shape index (κ1) is 21.9. The molecule has 164 valence electrons. The Balaban J connectivity index is 1.62. The van der Waals surface area contributed by atoms with Gasteiger partial charge < -0.3 is 24.9 Å². The Bertz CT molecular complexity index is 1100. The number of hydrogen-bond donors (Lipinski definition) is 3. The van der Waals surface area contributed by atoms with Crippen LogP contribution in [0.1, 0.15) is 11.3 Å². The number of pyridine rings is 1. The van der Waals surface area contributed by atoms with E-state index in [9.17, 15) is 22.4 Å². The number of alkyl halides is 3. The monoisotopic (exact) mass is 440 g/mol. The third kappa shape index (κ3) is 6.07. The molecule has 3 N–H and O–H groups in total. The van der Waals surface area contributed by atoms with E-state index in [0.717, 1.165) is 12.3 Å². The summed E-state index contributed by atoms with van der Waals surface area (Å²) in [5.74, 6) is 0.328. The van der Waals surface area contributed by atoms with Crippen molar-refractivity contribution >= 4 is 23.2 Å². The highest BCUT2D eigenvalue weighted by atomic mass is 19.4. The number of carbonyl (C=O) groups is 1. The molecule has 12 heteroatoms. The Kier molecular flexibility index (Phi) is 6.58. The molecule has 0 saturated carbocycles. The van der Waals surface area contributed by atoms with Crippen molar-refractivity contribution in [1.29, 1.82) is 0 Å². The van der Waals surface area contributed by atoms with Crippen molar-refractivity contribution in [2.24, 2.45) is 0 Å². The molecule has 2 aromatic heterocycles. The molecule has 0 aliphatic heterocycles. The van der Waals surface area contributed by atoms with E-state index in [1.807, 2.05) is 5.32 Å². The molecule has 3 rings (SSSR count). The lowest BCUT2D eigenvalue weighted by molar-refractivity contribution is -0.141. The lowest BCUT2D eigenvalue weighted by atomic mass is 10.2. The lowest BCUT2D eigenvalue weighted by Gasteiger charge is -2.08. The fourth-order valence-electron chi connectivity index (χ4n) is 2.47. The fraction of sp³-hybridized carbons (Fsp3) is 0.211. The summed E-state index contributed by atoms with van der Waals surface area (Å²) in [6, 6.07) is 7.10. The van der Waals surface area contributed by atoms with Crippen LogP contribution in [-0.4, -0.2) is 34.3 Å². The molecule has 2 heterocycles. The average molecular weight is 440 g/mol. The summed E-state index contributed by atoms with van der Waals surface area (Å²) in [5, 5.41) is 13.4. The van der Waals surface area contributed by atoms with Crippen molar-refractivity contribution in [2.45, 2.75) is 12.7 Å². The van der Waals surface area contributed by atoms with Gasteiger partial charge in [-0.2, -0.15) is 18.2 Å². The van der Waals surface area contributed by atoms with Gasteiger partial charge in [-0.3, -0.25) is 4.98 Å². The van der Waals surface area contributed by atoms with E-state index in [1.165, 1.54) is 12.1 Å². The summed E-state index contributed by atoms with van der Waals surface area (Å²) in [6.45, 7) is -0.385. The number of nitrogens with one attached hydrogen (secondary N) is 2. The van der Waals surface area contributed by atoms with Gasteiger partial charge in [-0.05, 0) is 29.8 Å². The molecule has 31 heavy (non-hydrogen) atoms. The Morgan fingerprint density at radius 3 is 2.77 bits per heavy atom. The molecule has 8 nitrogen and oxygen atoms in total. The predicted octanol–water partition coefficient (Wildman–Crippen LogP) is 4.35. The minimum atomic E-state index is -4.54. The van der Waals surface area contributed by atoms with Crippen LogP contribution in [0.2, 0.25) is 0 Å². The Morgan fingerprint density at radius 1 is 1.26 bits per heavy atom. The third-order valence-electron chi connectivity index (χ3n) is 3.96. The van der Waals surface area contributed by atoms with Crippen LogP contribution in [0.4, 0.5) is 28.4 Å². The number of amides is 1. The number of halogens is 4. The third-order valence-corrected chi connectivity index (χ3v) is 3.96. The van der Waals surface area contributed by atoms with Crippen LogP contribution < -0.4 is 15.4 Å². The Labute approximate surface area is 172 Å². The number of benzene rings is 1. The van der Waals surface area contributed by atoms with E-state index in [0.29, 0.717) is 22.4 Å². The van der Waals surface area contributed by atoms with Crippen molar-refractivity contribution in [2.75, 3.05) is 18.5 Å². The normalized spacial score (nSPS) is 12.1. The minimum Gasteiger partial charge on any atom is -0.489 e. The van der Waals surface area contributed by atoms with Gasteiger partial charge in [0, 0.05) is 30.9 Å². The molecule has 1 amide bonds. The largest absolute Gasteiger partial charge is 0.489 e. The van der Waals surface area contributed by atoms with Gasteiger partial charge in [0.1, 0.15) is 23.6 Å². The van der Waals surface area contributed by atoms with Crippen LogP contribution in [0, 0.1) is 0 Å². The van der Waals surface area contributed by atoms with Crippen LogP contribution in [0.5, 0.6) is 5.75 Å². The predicted molar refractivity (Wildman–Crippen MR) is 101 cm³/mol. The minimum absolute atomic E-state index is 0.0308. The zero-order chi connectivity index (χ0) is 22.4. The molecule has 0 radical (unpaired) electrons. The maximum absolute atomic E-state index is 12.8. The summed E-state index contributed by atoms with van der Waals surface area (Å²) in [4.78, 5) is 17.9. The molecule has 0 saturated heterocycles. The van der Waals surface area contributed by atoms with Crippen LogP contribution in [0.15, 0.2) is 52.8 Å². The summed E-state index contributed by atoms with van der Waals surface area (Å²) < 4.78 is 62.0. The highest BCUT2D eigenvalue weighted by molar-refractivity contribution is 5.76. The highest BCUT2D eigenvalue weighted by Crippen LogP contribution is 2.28. The smallest absolute Gasteiger partial charge is 0.433 e. The topological polar surface area (TPSA) is 110 Å². The molecule has 0 atom stereocenters. The second-order valence-electron chi connectivity index (χ2n) is 6.26. The Morgan fingerprint density at radius 2 is 2.06 bits per heavy atom. The SMILES string of the molecule is O=C(O)NCC(=CF)COc1ccc2nc(NCc3ccnc(C(F)(F)F)c3)oc2c1. The summed E-state index contributed by atoms with van der Waals surface area (Å²) in [7, 11) is 0. The van der Waals surface area contributed by atoms with E-state index in [2.05, 4.69) is 15.3 Å². The van der Waals surface area contributed by atoms with Gasteiger partial charge >= 0.3 is 12.3 Å². The molecule has 0 fully saturated rings. The molecule has 0 unspecified atom stereocenters. The van der Waals surface area contributed by atoms with E-state index in [1.54, 1.807) is 12.1 Å². The molecule has 0 aliphatic carbocycles. The maximum atomic E-state index is 12.8. The molecule has 0 spiro atoms. The van der Waals surface area contributed by atoms with Crippen LogP contribution in [0.25, 0.3) is 11.1 Å². The van der Waals surface area contributed by atoms with Crippen molar-refractivity contribution in [3.05, 3.63) is 59.7 Å². The number of fused-ring (bicyclic) bond motifs is 1. The van der Waals surface area contributed by atoms with Gasteiger partial charge in [0.05, 0.1) is 6.33 Å². The number of aromatic nitrogens is 2. The van der Waals surface area contributed by atoms with Gasteiger partial charge in [0.15, 0.2) is 5.58 Å². The van der Waals surface area contributed by atoms with E-state index in [-0.39, 0.29) is 37.6 Å². The second kappa shape index (κ2) is 9.32. The van der Waals surface area contributed by atoms with Crippen molar-refractivity contribution in [1.82, 2.24) is 15.3 Å². The van der Waals surface area contributed by atoms with E-state index < -0.39 is 18.0 Å². The average Bonchev–Trinajstić information content (AvgIpc) is 3.14.